The number of hydrogen-bond acceptors (Lipinski definition) is 0. The molecular formula is C7H14Si. The third-order valence-electron chi connectivity index (χ3n) is 2.49. The van der Waals surface area contributed by atoms with Crippen molar-refractivity contribution in [1.29, 1.82) is 0 Å². The van der Waals surface area contributed by atoms with Crippen molar-refractivity contribution in [2.24, 2.45) is 0 Å². The van der Waals surface area contributed by atoms with Crippen LogP contribution in [0.3, 0.4) is 0 Å². The van der Waals surface area contributed by atoms with Gasteiger partial charge in [0, 0.05) is 0 Å². The van der Waals surface area contributed by atoms with Crippen LogP contribution < -0.4 is 0 Å². The van der Waals surface area contributed by atoms with E-state index in [1.807, 2.05) is 0 Å². The van der Waals surface area contributed by atoms with Crippen LogP contribution in [0.5, 0.6) is 0 Å². The van der Waals surface area contributed by atoms with E-state index in [1.165, 1.54) is 23.7 Å². The third-order valence-corrected chi connectivity index (χ3v) is 7.46. The molecule has 1 aliphatic rings. The molecule has 0 N–H and O–H groups in total. The van der Waals surface area contributed by atoms with E-state index < -0.39 is 8.07 Å². The SMILES string of the molecule is C=C(C)[Si]1(C)CCC1. The molecule has 0 unspecified atom stereocenters. The molecule has 1 saturated heterocycles. The van der Waals surface area contributed by atoms with Gasteiger partial charge in [0.05, 0.1) is 8.07 Å². The Hall–Kier alpha value is -0.0431. The van der Waals surface area contributed by atoms with Crippen LogP contribution in [0, 0.1) is 0 Å². The topological polar surface area (TPSA) is 0 Å². The summed E-state index contributed by atoms with van der Waals surface area (Å²) < 4.78 is 0. The standard InChI is InChI=1S/C7H14Si/c1-7(2)8(3)5-4-6-8/h1,4-6H2,2-3H3. The van der Waals surface area contributed by atoms with Crippen molar-refractivity contribution in [3.8, 4) is 0 Å². The van der Waals surface area contributed by atoms with Gasteiger partial charge in [-0.15, -0.1) is 6.58 Å². The molecule has 0 bridgehead atoms. The predicted molar refractivity (Wildman–Crippen MR) is 40.7 cm³/mol. The highest BCUT2D eigenvalue weighted by Gasteiger charge is 2.34. The minimum Gasteiger partial charge on any atom is -0.104 e. The van der Waals surface area contributed by atoms with Crippen molar-refractivity contribution in [3.63, 3.8) is 0 Å². The van der Waals surface area contributed by atoms with Crippen molar-refractivity contribution < 1.29 is 0 Å². The van der Waals surface area contributed by atoms with Gasteiger partial charge in [-0.05, 0) is 6.92 Å². The molecular weight excluding hydrogens is 112 g/mol. The quantitative estimate of drug-likeness (QED) is 0.474. The molecule has 0 aromatic heterocycles. The molecule has 0 radical (unpaired) electrons. The predicted octanol–water partition coefficient (Wildman–Crippen LogP) is 2.58. The average molecular weight is 126 g/mol. The molecule has 0 atom stereocenters. The van der Waals surface area contributed by atoms with E-state index in [0.717, 1.165) is 0 Å². The van der Waals surface area contributed by atoms with E-state index in [9.17, 15) is 0 Å². The Balaban J connectivity index is 2.53. The first-order valence-electron chi connectivity index (χ1n) is 3.31. The summed E-state index contributed by atoms with van der Waals surface area (Å²) in [5, 5.41) is 1.50. The Morgan fingerprint density at radius 3 is 2.00 bits per heavy atom. The molecule has 1 fully saturated rings. The number of rotatable bonds is 1. The molecule has 0 spiro atoms. The normalized spacial score (nSPS) is 24.2. The summed E-state index contributed by atoms with van der Waals surface area (Å²) in [6.45, 7) is 8.65. The summed E-state index contributed by atoms with van der Waals surface area (Å²) in [4.78, 5) is 0. The van der Waals surface area contributed by atoms with Crippen molar-refractivity contribution in [3.05, 3.63) is 11.8 Å². The molecule has 1 heteroatoms. The zero-order valence-electron chi connectivity index (χ0n) is 5.83. The number of hydrogen-bond donors (Lipinski definition) is 0. The summed E-state index contributed by atoms with van der Waals surface area (Å²) in [7, 11) is -0.769. The Labute approximate surface area is 52.6 Å². The molecule has 0 aromatic carbocycles. The first kappa shape index (κ1) is 6.08. The van der Waals surface area contributed by atoms with Crippen molar-refractivity contribution in [2.45, 2.75) is 32.0 Å². The first-order chi connectivity index (χ1) is 3.65. The largest absolute Gasteiger partial charge is 0.104 e. The van der Waals surface area contributed by atoms with E-state index in [1.54, 1.807) is 0 Å². The van der Waals surface area contributed by atoms with Gasteiger partial charge in [-0.1, -0.05) is 30.3 Å². The second-order valence-corrected chi connectivity index (χ2v) is 8.17. The maximum atomic E-state index is 4.01. The van der Waals surface area contributed by atoms with Gasteiger partial charge in [-0.25, -0.2) is 0 Å². The van der Waals surface area contributed by atoms with Gasteiger partial charge >= 0.3 is 0 Å². The highest BCUT2D eigenvalue weighted by Crippen LogP contribution is 2.36. The molecule has 1 heterocycles. The van der Waals surface area contributed by atoms with Crippen LogP contribution >= 0.6 is 0 Å². The zero-order chi connectivity index (χ0) is 6.20. The number of allylic oxidation sites excluding steroid dienone is 1. The van der Waals surface area contributed by atoms with Gasteiger partial charge in [0.2, 0.25) is 0 Å². The second kappa shape index (κ2) is 1.73. The van der Waals surface area contributed by atoms with Crippen LogP contribution in [0.4, 0.5) is 0 Å². The Kier molecular flexibility index (Phi) is 1.31. The maximum Gasteiger partial charge on any atom is 0.0773 e. The van der Waals surface area contributed by atoms with Gasteiger partial charge in [-0.2, -0.15) is 0 Å². The fourth-order valence-electron chi connectivity index (χ4n) is 1.13. The maximum absolute atomic E-state index is 4.01. The molecule has 1 aliphatic heterocycles. The lowest BCUT2D eigenvalue weighted by molar-refractivity contribution is 0.906. The summed E-state index contributed by atoms with van der Waals surface area (Å²) in [5.74, 6) is 0. The first-order valence-corrected chi connectivity index (χ1v) is 6.22. The van der Waals surface area contributed by atoms with E-state index >= 15 is 0 Å². The van der Waals surface area contributed by atoms with Gasteiger partial charge in [0.1, 0.15) is 0 Å². The van der Waals surface area contributed by atoms with Crippen LogP contribution in [-0.2, 0) is 0 Å². The van der Waals surface area contributed by atoms with Crippen molar-refractivity contribution in [2.75, 3.05) is 0 Å². The summed E-state index contributed by atoms with van der Waals surface area (Å²) in [6, 6.07) is 3.00. The van der Waals surface area contributed by atoms with E-state index in [4.69, 9.17) is 0 Å². The Bertz CT molecular complexity index is 112. The molecule has 1 rings (SSSR count). The molecule has 46 valence electrons. The summed E-state index contributed by atoms with van der Waals surface area (Å²) >= 11 is 0. The van der Waals surface area contributed by atoms with Gasteiger partial charge in [0.15, 0.2) is 0 Å². The van der Waals surface area contributed by atoms with E-state index in [0.29, 0.717) is 0 Å². The van der Waals surface area contributed by atoms with Crippen LogP contribution in [0.25, 0.3) is 0 Å². The minimum atomic E-state index is -0.769. The molecule has 0 amide bonds. The highest BCUT2D eigenvalue weighted by molar-refractivity contribution is 6.87. The van der Waals surface area contributed by atoms with Crippen LogP contribution in [0.15, 0.2) is 11.8 Å². The molecule has 0 nitrogen and oxygen atoms in total. The minimum absolute atomic E-state index is 0.769. The monoisotopic (exact) mass is 126 g/mol. The molecule has 8 heavy (non-hydrogen) atoms. The average Bonchev–Trinajstić information content (AvgIpc) is 1.60. The Morgan fingerprint density at radius 2 is 2.00 bits per heavy atom. The van der Waals surface area contributed by atoms with Crippen LogP contribution in [0.2, 0.25) is 18.6 Å². The lowest BCUT2D eigenvalue weighted by Crippen LogP contribution is -2.38. The summed E-state index contributed by atoms with van der Waals surface area (Å²) in [6.07, 6.45) is 1.47. The summed E-state index contributed by atoms with van der Waals surface area (Å²) in [5.41, 5.74) is 0. The van der Waals surface area contributed by atoms with E-state index in [2.05, 4.69) is 20.0 Å². The molecule has 0 aliphatic carbocycles. The van der Waals surface area contributed by atoms with Gasteiger partial charge in [0.25, 0.3) is 0 Å². The third kappa shape index (κ3) is 0.751. The fraction of sp³-hybridized carbons (Fsp3) is 0.714. The van der Waals surface area contributed by atoms with Crippen LogP contribution in [0.1, 0.15) is 13.3 Å². The zero-order valence-corrected chi connectivity index (χ0v) is 6.83. The van der Waals surface area contributed by atoms with Gasteiger partial charge in [-0.3, -0.25) is 0 Å². The Morgan fingerprint density at radius 1 is 1.50 bits per heavy atom. The van der Waals surface area contributed by atoms with Crippen molar-refractivity contribution in [1.82, 2.24) is 0 Å². The smallest absolute Gasteiger partial charge is 0.0773 e. The van der Waals surface area contributed by atoms with E-state index in [-0.39, 0.29) is 0 Å². The molecule has 0 saturated carbocycles. The molecule has 0 aromatic rings. The van der Waals surface area contributed by atoms with Crippen molar-refractivity contribution >= 4 is 8.07 Å². The lowest BCUT2D eigenvalue weighted by atomic mass is 10.5. The highest BCUT2D eigenvalue weighted by atomic mass is 28.3. The van der Waals surface area contributed by atoms with Gasteiger partial charge < -0.3 is 0 Å². The second-order valence-electron chi connectivity index (χ2n) is 3.19. The van der Waals surface area contributed by atoms with Crippen LogP contribution in [-0.4, -0.2) is 8.07 Å². The lowest BCUT2D eigenvalue weighted by Gasteiger charge is -2.36. The fourth-order valence-corrected chi connectivity index (χ4v) is 3.40.